The number of rotatable bonds is 7. The first-order valence-electron chi connectivity index (χ1n) is 8.65. The Labute approximate surface area is 162 Å². The first-order valence-corrected chi connectivity index (χ1v) is 8.65. The Morgan fingerprint density at radius 3 is 2.62 bits per heavy atom. The molecular formula is C17H32IN5O. The Kier molecular flexibility index (Phi) is 8.49. The van der Waals surface area contributed by atoms with Gasteiger partial charge in [-0.2, -0.15) is 5.10 Å². The zero-order valence-corrected chi connectivity index (χ0v) is 17.8. The summed E-state index contributed by atoms with van der Waals surface area (Å²) in [7, 11) is 3.74. The molecular weight excluding hydrogens is 417 g/mol. The van der Waals surface area contributed by atoms with Crippen LogP contribution in [0.2, 0.25) is 0 Å². The second kappa shape index (κ2) is 9.60. The van der Waals surface area contributed by atoms with E-state index in [4.69, 9.17) is 4.74 Å². The van der Waals surface area contributed by atoms with E-state index in [-0.39, 0.29) is 29.4 Å². The molecule has 0 bridgehead atoms. The number of nitrogens with one attached hydrogen (secondary N) is 2. The molecule has 138 valence electrons. The summed E-state index contributed by atoms with van der Waals surface area (Å²) in [6.45, 7) is 8.10. The minimum absolute atomic E-state index is 0. The second-order valence-electron chi connectivity index (χ2n) is 6.26. The molecule has 1 aromatic heterocycles. The Morgan fingerprint density at radius 1 is 1.42 bits per heavy atom. The number of aromatic nitrogens is 2. The van der Waals surface area contributed by atoms with E-state index < -0.39 is 0 Å². The van der Waals surface area contributed by atoms with Gasteiger partial charge in [-0.15, -0.1) is 24.0 Å². The molecule has 1 aliphatic carbocycles. The highest BCUT2D eigenvalue weighted by molar-refractivity contribution is 14.0. The number of ether oxygens (including phenoxy) is 1. The third-order valence-corrected chi connectivity index (χ3v) is 5.22. The number of nitrogens with zero attached hydrogens (tertiary/aromatic N) is 3. The van der Waals surface area contributed by atoms with Gasteiger partial charge in [0.15, 0.2) is 5.96 Å². The average molecular weight is 449 g/mol. The fraction of sp³-hybridized carbons (Fsp3) is 0.765. The van der Waals surface area contributed by atoms with E-state index in [1.54, 1.807) is 0 Å². The quantitative estimate of drug-likeness (QED) is 0.382. The van der Waals surface area contributed by atoms with Gasteiger partial charge in [0, 0.05) is 50.5 Å². The highest BCUT2D eigenvalue weighted by Gasteiger charge is 2.53. The van der Waals surface area contributed by atoms with Crippen LogP contribution in [0.5, 0.6) is 0 Å². The van der Waals surface area contributed by atoms with Gasteiger partial charge in [-0.05, 0) is 26.2 Å². The minimum Gasteiger partial charge on any atom is -0.378 e. The normalized spacial score (nSPS) is 22.5. The maximum absolute atomic E-state index is 5.94. The predicted octanol–water partition coefficient (Wildman–Crippen LogP) is 2.69. The van der Waals surface area contributed by atoms with Gasteiger partial charge in [0.2, 0.25) is 0 Å². The molecule has 0 aromatic carbocycles. The molecule has 1 aliphatic rings. The molecule has 0 radical (unpaired) electrons. The SMILES string of the molecule is CCOC1CC(NC(=NC)NCc2cnn(C)c2)C1(CC)CC.I. The zero-order valence-electron chi connectivity index (χ0n) is 15.5. The van der Waals surface area contributed by atoms with Gasteiger partial charge in [-0.1, -0.05) is 13.8 Å². The number of hydrogen-bond acceptors (Lipinski definition) is 3. The standard InChI is InChI=1S/C17H31N5O.HI/c1-6-17(7-2)14(9-15(17)23-8-3)21-16(18-4)19-10-13-11-20-22(5)12-13;/h11-12,14-15H,6-10H2,1-5H3,(H2,18,19,21);1H. The molecule has 1 aromatic rings. The van der Waals surface area contributed by atoms with E-state index in [9.17, 15) is 0 Å². The molecule has 24 heavy (non-hydrogen) atoms. The summed E-state index contributed by atoms with van der Waals surface area (Å²) in [5.74, 6) is 0.847. The number of hydrogen-bond donors (Lipinski definition) is 2. The summed E-state index contributed by atoms with van der Waals surface area (Å²) in [6, 6.07) is 0.411. The summed E-state index contributed by atoms with van der Waals surface area (Å²) >= 11 is 0. The van der Waals surface area contributed by atoms with Crippen molar-refractivity contribution in [2.45, 2.75) is 58.7 Å². The lowest BCUT2D eigenvalue weighted by atomic mass is 9.58. The lowest BCUT2D eigenvalue weighted by Crippen LogP contribution is -2.65. The molecule has 0 spiro atoms. The van der Waals surface area contributed by atoms with E-state index in [0.717, 1.165) is 43.9 Å². The molecule has 1 fully saturated rings. The van der Waals surface area contributed by atoms with E-state index in [1.807, 2.05) is 31.2 Å². The van der Waals surface area contributed by atoms with Gasteiger partial charge in [-0.3, -0.25) is 9.67 Å². The van der Waals surface area contributed by atoms with Crippen molar-refractivity contribution in [3.8, 4) is 0 Å². The molecule has 2 unspecified atom stereocenters. The lowest BCUT2D eigenvalue weighted by Gasteiger charge is -2.55. The number of guanidine groups is 1. The fourth-order valence-corrected chi connectivity index (χ4v) is 3.69. The van der Waals surface area contributed by atoms with Crippen LogP contribution in [-0.4, -0.2) is 41.5 Å². The predicted molar refractivity (Wildman–Crippen MR) is 109 cm³/mol. The maximum Gasteiger partial charge on any atom is 0.191 e. The largest absolute Gasteiger partial charge is 0.378 e. The van der Waals surface area contributed by atoms with Crippen molar-refractivity contribution in [1.82, 2.24) is 20.4 Å². The van der Waals surface area contributed by atoms with Gasteiger partial charge < -0.3 is 15.4 Å². The molecule has 1 saturated carbocycles. The van der Waals surface area contributed by atoms with Crippen molar-refractivity contribution in [3.63, 3.8) is 0 Å². The first kappa shape index (κ1) is 21.2. The lowest BCUT2D eigenvalue weighted by molar-refractivity contribution is -0.133. The topological polar surface area (TPSA) is 63.5 Å². The Morgan fingerprint density at radius 2 is 2.12 bits per heavy atom. The van der Waals surface area contributed by atoms with Crippen LogP contribution in [0.4, 0.5) is 0 Å². The first-order chi connectivity index (χ1) is 11.1. The van der Waals surface area contributed by atoms with Crippen LogP contribution in [0.1, 0.15) is 45.6 Å². The molecule has 6 nitrogen and oxygen atoms in total. The zero-order chi connectivity index (χ0) is 16.9. The maximum atomic E-state index is 5.94. The van der Waals surface area contributed by atoms with Crippen molar-refractivity contribution in [1.29, 1.82) is 0 Å². The summed E-state index contributed by atoms with van der Waals surface area (Å²) in [5, 5.41) is 11.2. The monoisotopic (exact) mass is 449 g/mol. The summed E-state index contributed by atoms with van der Waals surface area (Å²) in [5.41, 5.74) is 1.36. The van der Waals surface area contributed by atoms with Crippen molar-refractivity contribution in [2.24, 2.45) is 17.5 Å². The van der Waals surface area contributed by atoms with Crippen LogP contribution < -0.4 is 10.6 Å². The highest BCUT2D eigenvalue weighted by Crippen LogP contribution is 2.48. The van der Waals surface area contributed by atoms with Crippen LogP contribution in [0.15, 0.2) is 17.4 Å². The van der Waals surface area contributed by atoms with Gasteiger partial charge in [0.05, 0.1) is 12.3 Å². The molecule has 1 heterocycles. The number of aryl methyl sites for hydroxylation is 1. The molecule has 7 heteroatoms. The van der Waals surface area contributed by atoms with Crippen LogP contribution in [0, 0.1) is 5.41 Å². The van der Waals surface area contributed by atoms with Crippen LogP contribution >= 0.6 is 24.0 Å². The van der Waals surface area contributed by atoms with Crippen molar-refractivity contribution < 1.29 is 4.74 Å². The molecule has 2 atom stereocenters. The van der Waals surface area contributed by atoms with Crippen LogP contribution in [0.3, 0.4) is 0 Å². The van der Waals surface area contributed by atoms with Gasteiger partial charge in [0.25, 0.3) is 0 Å². The third-order valence-electron chi connectivity index (χ3n) is 5.22. The van der Waals surface area contributed by atoms with Crippen molar-refractivity contribution in [3.05, 3.63) is 18.0 Å². The summed E-state index contributed by atoms with van der Waals surface area (Å²) < 4.78 is 7.75. The summed E-state index contributed by atoms with van der Waals surface area (Å²) in [4.78, 5) is 4.36. The van der Waals surface area contributed by atoms with Gasteiger partial charge in [0.1, 0.15) is 0 Å². The molecule has 0 amide bonds. The molecule has 2 N–H and O–H groups in total. The van der Waals surface area contributed by atoms with Crippen LogP contribution in [-0.2, 0) is 18.3 Å². The molecule has 0 aliphatic heterocycles. The minimum atomic E-state index is 0. The number of halogens is 1. The van der Waals surface area contributed by atoms with Crippen molar-refractivity contribution >= 4 is 29.9 Å². The smallest absolute Gasteiger partial charge is 0.191 e. The second-order valence-corrected chi connectivity index (χ2v) is 6.26. The van der Waals surface area contributed by atoms with Crippen molar-refractivity contribution in [2.75, 3.05) is 13.7 Å². The van der Waals surface area contributed by atoms with E-state index in [0.29, 0.717) is 12.1 Å². The fourth-order valence-electron chi connectivity index (χ4n) is 3.69. The average Bonchev–Trinajstić information content (AvgIpc) is 2.96. The Balaban J connectivity index is 0.00000288. The molecule has 0 saturated heterocycles. The molecule has 2 rings (SSSR count). The summed E-state index contributed by atoms with van der Waals surface area (Å²) in [6.07, 6.45) is 7.52. The van der Waals surface area contributed by atoms with Gasteiger partial charge >= 0.3 is 0 Å². The van der Waals surface area contributed by atoms with E-state index in [1.165, 1.54) is 0 Å². The van der Waals surface area contributed by atoms with Crippen LogP contribution in [0.25, 0.3) is 0 Å². The van der Waals surface area contributed by atoms with Gasteiger partial charge in [-0.25, -0.2) is 0 Å². The number of aliphatic imine (C=N–C) groups is 1. The third kappa shape index (κ3) is 4.41. The Hall–Kier alpha value is -0.830. The van der Waals surface area contributed by atoms with E-state index >= 15 is 0 Å². The van der Waals surface area contributed by atoms with E-state index in [2.05, 4.69) is 41.5 Å². The Bertz CT molecular complexity index is 527. The highest BCUT2D eigenvalue weighted by atomic mass is 127.